The Morgan fingerprint density at radius 2 is 2.16 bits per heavy atom. The number of pyridine rings is 1. The lowest BCUT2D eigenvalue weighted by atomic mass is 10.1. The molecule has 0 spiro atoms. The molecule has 4 N–H and O–H groups in total. The van der Waals surface area contributed by atoms with Gasteiger partial charge in [0, 0.05) is 35.9 Å². The Morgan fingerprint density at radius 3 is 3.00 bits per heavy atom. The standard InChI is InChI=1S/C19H21FN4O/c20-14-2-1-5-24(11-14)10-12-3-4-17-13(6-12)7-18(23-17)16-8-15(21)9-22-19(16)25/h3-4,6-9,14,23H,1-2,5,10-11,21H2,(H,22,25). The topological polar surface area (TPSA) is 77.9 Å². The second kappa shape index (κ2) is 6.37. The predicted molar refractivity (Wildman–Crippen MR) is 98.2 cm³/mol. The number of hydrogen-bond donors (Lipinski definition) is 3. The van der Waals surface area contributed by atoms with Gasteiger partial charge in [0.05, 0.1) is 11.3 Å². The molecule has 130 valence electrons. The van der Waals surface area contributed by atoms with Gasteiger partial charge in [-0.15, -0.1) is 0 Å². The molecule has 1 unspecified atom stereocenters. The van der Waals surface area contributed by atoms with Crippen molar-refractivity contribution in [2.45, 2.75) is 25.6 Å². The number of nitrogens with two attached hydrogens (primary N) is 1. The molecule has 3 heterocycles. The first-order valence-corrected chi connectivity index (χ1v) is 8.55. The Balaban J connectivity index is 1.63. The van der Waals surface area contributed by atoms with Gasteiger partial charge in [0.2, 0.25) is 0 Å². The maximum absolute atomic E-state index is 13.6. The van der Waals surface area contributed by atoms with E-state index in [-0.39, 0.29) is 5.56 Å². The molecule has 2 aromatic heterocycles. The molecular formula is C19H21FN4O. The smallest absolute Gasteiger partial charge is 0.257 e. The van der Waals surface area contributed by atoms with Crippen molar-refractivity contribution in [3.8, 4) is 11.3 Å². The summed E-state index contributed by atoms with van der Waals surface area (Å²) < 4.78 is 13.6. The highest BCUT2D eigenvalue weighted by atomic mass is 19.1. The number of H-pyrrole nitrogens is 2. The van der Waals surface area contributed by atoms with Crippen molar-refractivity contribution in [2.75, 3.05) is 18.8 Å². The molecule has 1 aliphatic rings. The molecule has 0 amide bonds. The van der Waals surface area contributed by atoms with E-state index in [9.17, 15) is 9.18 Å². The normalized spacial score (nSPS) is 18.7. The third-order valence-electron chi connectivity index (χ3n) is 4.76. The maximum atomic E-state index is 13.6. The Kier molecular flexibility index (Phi) is 4.05. The number of halogens is 1. The lowest BCUT2D eigenvalue weighted by Crippen LogP contribution is -2.35. The van der Waals surface area contributed by atoms with E-state index in [1.165, 1.54) is 6.20 Å². The van der Waals surface area contributed by atoms with Gasteiger partial charge in [0.1, 0.15) is 6.17 Å². The number of nitrogens with one attached hydrogen (secondary N) is 2. The first-order valence-electron chi connectivity index (χ1n) is 8.55. The number of nitrogen functional groups attached to an aromatic ring is 1. The Bertz CT molecular complexity index is 961. The van der Waals surface area contributed by atoms with Crippen LogP contribution in [0.15, 0.2) is 41.3 Å². The lowest BCUT2D eigenvalue weighted by molar-refractivity contribution is 0.133. The van der Waals surface area contributed by atoms with E-state index in [0.29, 0.717) is 24.2 Å². The highest BCUT2D eigenvalue weighted by Gasteiger charge is 2.19. The molecule has 1 atom stereocenters. The molecule has 0 aliphatic carbocycles. The first kappa shape index (κ1) is 15.9. The molecule has 1 aliphatic heterocycles. The lowest BCUT2D eigenvalue weighted by Gasteiger charge is -2.28. The van der Waals surface area contributed by atoms with E-state index in [0.717, 1.165) is 41.7 Å². The number of anilines is 1. The number of hydrogen-bond acceptors (Lipinski definition) is 3. The molecule has 1 aromatic carbocycles. The number of aromatic amines is 2. The molecule has 1 fully saturated rings. The fourth-order valence-electron chi connectivity index (χ4n) is 3.53. The zero-order valence-corrected chi connectivity index (χ0v) is 13.9. The molecule has 0 radical (unpaired) electrons. The SMILES string of the molecule is Nc1c[nH]c(=O)c(-c2cc3cc(CN4CCCC(F)C4)ccc3[nH]2)c1. The average molecular weight is 340 g/mol. The van der Waals surface area contributed by atoms with Crippen LogP contribution in [0.3, 0.4) is 0 Å². The molecule has 25 heavy (non-hydrogen) atoms. The molecule has 4 rings (SSSR count). The van der Waals surface area contributed by atoms with Gasteiger partial charge in [-0.05, 0) is 49.2 Å². The van der Waals surface area contributed by atoms with E-state index in [4.69, 9.17) is 5.73 Å². The van der Waals surface area contributed by atoms with Crippen LogP contribution in [0.1, 0.15) is 18.4 Å². The van der Waals surface area contributed by atoms with Gasteiger partial charge in [-0.2, -0.15) is 0 Å². The highest BCUT2D eigenvalue weighted by Crippen LogP contribution is 2.25. The van der Waals surface area contributed by atoms with Gasteiger partial charge in [0.25, 0.3) is 5.56 Å². The van der Waals surface area contributed by atoms with Crippen molar-refractivity contribution >= 4 is 16.6 Å². The van der Waals surface area contributed by atoms with Crippen molar-refractivity contribution in [3.05, 3.63) is 52.4 Å². The summed E-state index contributed by atoms with van der Waals surface area (Å²) in [5.74, 6) is 0. The summed E-state index contributed by atoms with van der Waals surface area (Å²) in [5, 5.41) is 1.03. The van der Waals surface area contributed by atoms with Crippen molar-refractivity contribution in [2.24, 2.45) is 0 Å². The van der Waals surface area contributed by atoms with E-state index >= 15 is 0 Å². The van der Waals surface area contributed by atoms with Gasteiger partial charge in [-0.1, -0.05) is 6.07 Å². The summed E-state index contributed by atoms with van der Waals surface area (Å²) >= 11 is 0. The second-order valence-corrected chi connectivity index (χ2v) is 6.76. The largest absolute Gasteiger partial charge is 0.398 e. The van der Waals surface area contributed by atoms with Crippen LogP contribution in [0.4, 0.5) is 10.1 Å². The first-order chi connectivity index (χ1) is 12.1. The zero-order valence-electron chi connectivity index (χ0n) is 13.9. The average Bonchev–Trinajstić information content (AvgIpc) is 3.00. The summed E-state index contributed by atoms with van der Waals surface area (Å²) in [5.41, 5.74) is 9.48. The number of nitrogens with zero attached hydrogens (tertiary/aromatic N) is 1. The van der Waals surface area contributed by atoms with E-state index in [1.54, 1.807) is 6.07 Å². The van der Waals surface area contributed by atoms with Gasteiger partial charge in [0.15, 0.2) is 0 Å². The van der Waals surface area contributed by atoms with Gasteiger partial charge in [-0.3, -0.25) is 9.69 Å². The molecule has 6 heteroatoms. The molecule has 3 aromatic rings. The number of piperidine rings is 1. The van der Waals surface area contributed by atoms with Crippen LogP contribution in [0, 0.1) is 0 Å². The van der Waals surface area contributed by atoms with E-state index in [1.807, 2.05) is 18.2 Å². The number of likely N-dealkylation sites (tertiary alicyclic amines) is 1. The van der Waals surface area contributed by atoms with Crippen molar-refractivity contribution in [3.63, 3.8) is 0 Å². The van der Waals surface area contributed by atoms with Crippen LogP contribution in [-0.4, -0.2) is 34.1 Å². The van der Waals surface area contributed by atoms with Gasteiger partial charge < -0.3 is 15.7 Å². The van der Waals surface area contributed by atoms with Crippen molar-refractivity contribution in [1.29, 1.82) is 0 Å². The summed E-state index contributed by atoms with van der Waals surface area (Å²) in [6, 6.07) is 9.77. The quantitative estimate of drug-likeness (QED) is 0.686. The number of benzene rings is 1. The molecule has 0 saturated carbocycles. The molecule has 5 nitrogen and oxygen atoms in total. The van der Waals surface area contributed by atoms with Gasteiger partial charge in [-0.25, -0.2) is 4.39 Å². The second-order valence-electron chi connectivity index (χ2n) is 6.76. The fraction of sp³-hybridized carbons (Fsp3) is 0.316. The third kappa shape index (κ3) is 3.30. The van der Waals surface area contributed by atoms with Crippen molar-refractivity contribution in [1.82, 2.24) is 14.9 Å². The fourth-order valence-corrected chi connectivity index (χ4v) is 3.53. The summed E-state index contributed by atoms with van der Waals surface area (Å²) in [6.45, 7) is 2.19. The predicted octanol–water partition coefficient (Wildman–Crippen LogP) is 3.04. The van der Waals surface area contributed by atoms with Crippen LogP contribution >= 0.6 is 0 Å². The van der Waals surface area contributed by atoms with Crippen LogP contribution in [0.5, 0.6) is 0 Å². The van der Waals surface area contributed by atoms with E-state index in [2.05, 4.69) is 20.9 Å². The minimum atomic E-state index is -0.716. The summed E-state index contributed by atoms with van der Waals surface area (Å²) in [6.07, 6.45) is 2.36. The molecule has 0 bridgehead atoms. The van der Waals surface area contributed by atoms with Crippen LogP contribution in [0.2, 0.25) is 0 Å². The van der Waals surface area contributed by atoms with Crippen molar-refractivity contribution < 1.29 is 4.39 Å². The van der Waals surface area contributed by atoms with Gasteiger partial charge >= 0.3 is 0 Å². The number of fused-ring (bicyclic) bond motifs is 1. The Morgan fingerprint density at radius 1 is 1.28 bits per heavy atom. The Hall–Kier alpha value is -2.60. The monoisotopic (exact) mass is 340 g/mol. The maximum Gasteiger partial charge on any atom is 0.257 e. The Labute approximate surface area is 144 Å². The minimum Gasteiger partial charge on any atom is -0.398 e. The number of alkyl halides is 1. The van der Waals surface area contributed by atoms with E-state index < -0.39 is 6.17 Å². The zero-order chi connectivity index (χ0) is 17.4. The third-order valence-corrected chi connectivity index (χ3v) is 4.76. The van der Waals surface area contributed by atoms with Crippen LogP contribution in [0.25, 0.3) is 22.2 Å². The molecule has 1 saturated heterocycles. The number of aromatic nitrogens is 2. The molecular weight excluding hydrogens is 319 g/mol. The van der Waals surface area contributed by atoms with Crippen LogP contribution in [-0.2, 0) is 6.54 Å². The summed E-state index contributed by atoms with van der Waals surface area (Å²) in [4.78, 5) is 20.1. The number of rotatable bonds is 3. The highest BCUT2D eigenvalue weighted by molar-refractivity contribution is 5.86. The minimum absolute atomic E-state index is 0.178. The van der Waals surface area contributed by atoms with Crippen LogP contribution < -0.4 is 11.3 Å². The summed E-state index contributed by atoms with van der Waals surface area (Å²) in [7, 11) is 0.